The molecule has 0 aromatic heterocycles. The van der Waals surface area contributed by atoms with E-state index < -0.39 is 17.5 Å². The van der Waals surface area contributed by atoms with Crippen LogP contribution in [0.3, 0.4) is 0 Å². The van der Waals surface area contributed by atoms with E-state index in [0.29, 0.717) is 5.75 Å². The van der Waals surface area contributed by atoms with Gasteiger partial charge in [-0.25, -0.2) is 4.79 Å². The third kappa shape index (κ3) is 3.77. The zero-order chi connectivity index (χ0) is 24.0. The summed E-state index contributed by atoms with van der Waals surface area (Å²) in [5.41, 5.74) is 2.29. The van der Waals surface area contributed by atoms with Crippen molar-refractivity contribution in [2.75, 3.05) is 25.6 Å². The molecule has 172 valence electrons. The molecule has 0 saturated carbocycles. The number of imide groups is 1. The number of para-hydroxylation sites is 2. The highest BCUT2D eigenvalue weighted by Crippen LogP contribution is 2.46. The van der Waals surface area contributed by atoms with E-state index in [1.807, 2.05) is 54.4 Å². The molecule has 1 unspecified atom stereocenters. The molecular weight excluding hydrogens is 418 g/mol. The molecule has 3 amide bonds. The van der Waals surface area contributed by atoms with Gasteiger partial charge < -0.3 is 15.0 Å². The SMILES string of the molecule is COc1ccccc1CC1(C)NC(=O)N(CC(=O)C=C2N(C)c3ccccc3C2(C)C)C1=O. The van der Waals surface area contributed by atoms with Crippen molar-refractivity contribution in [2.45, 2.75) is 38.1 Å². The van der Waals surface area contributed by atoms with Crippen molar-refractivity contribution >= 4 is 23.4 Å². The van der Waals surface area contributed by atoms with Crippen LogP contribution in [0.2, 0.25) is 0 Å². The maximum atomic E-state index is 13.2. The number of ether oxygens (including phenoxy) is 1. The average Bonchev–Trinajstić information content (AvgIpc) is 3.11. The van der Waals surface area contributed by atoms with E-state index in [2.05, 4.69) is 25.2 Å². The average molecular weight is 448 g/mol. The summed E-state index contributed by atoms with van der Waals surface area (Å²) in [6.45, 7) is 5.49. The molecule has 1 atom stereocenters. The number of allylic oxidation sites excluding steroid dienone is 1. The second kappa shape index (κ2) is 8.06. The molecule has 0 spiro atoms. The number of amides is 3. The van der Waals surface area contributed by atoms with Gasteiger partial charge in [-0.3, -0.25) is 14.5 Å². The van der Waals surface area contributed by atoms with Crippen molar-refractivity contribution in [3.63, 3.8) is 0 Å². The van der Waals surface area contributed by atoms with Crippen molar-refractivity contribution in [1.82, 2.24) is 10.2 Å². The van der Waals surface area contributed by atoms with Crippen LogP contribution in [0.4, 0.5) is 10.5 Å². The fourth-order valence-corrected chi connectivity index (χ4v) is 4.85. The number of fused-ring (bicyclic) bond motifs is 1. The third-order valence-electron chi connectivity index (χ3n) is 6.63. The van der Waals surface area contributed by atoms with Crippen LogP contribution in [0.25, 0.3) is 0 Å². The summed E-state index contributed by atoms with van der Waals surface area (Å²) in [6, 6.07) is 14.8. The van der Waals surface area contributed by atoms with Gasteiger partial charge >= 0.3 is 6.03 Å². The Morgan fingerprint density at radius 1 is 1.06 bits per heavy atom. The normalized spacial score (nSPS) is 22.5. The van der Waals surface area contributed by atoms with Crippen molar-refractivity contribution in [3.05, 3.63) is 71.4 Å². The van der Waals surface area contributed by atoms with Crippen LogP contribution in [-0.4, -0.2) is 48.9 Å². The highest BCUT2D eigenvalue weighted by Gasteiger charge is 2.48. The van der Waals surface area contributed by atoms with Crippen LogP contribution in [0.15, 0.2) is 60.3 Å². The highest BCUT2D eigenvalue weighted by atomic mass is 16.5. The Morgan fingerprint density at radius 3 is 2.42 bits per heavy atom. The van der Waals surface area contributed by atoms with Gasteiger partial charge in [0.25, 0.3) is 5.91 Å². The molecule has 7 heteroatoms. The van der Waals surface area contributed by atoms with E-state index >= 15 is 0 Å². The number of ketones is 1. The van der Waals surface area contributed by atoms with Gasteiger partial charge in [0, 0.05) is 36.3 Å². The fraction of sp³-hybridized carbons (Fsp3) is 0.346. The van der Waals surface area contributed by atoms with Crippen LogP contribution >= 0.6 is 0 Å². The number of hydrogen-bond acceptors (Lipinski definition) is 5. The van der Waals surface area contributed by atoms with E-state index in [1.54, 1.807) is 20.1 Å². The number of likely N-dealkylation sites (N-methyl/N-ethyl adjacent to an activating group) is 1. The van der Waals surface area contributed by atoms with Gasteiger partial charge in [-0.1, -0.05) is 50.2 Å². The van der Waals surface area contributed by atoms with Crippen LogP contribution in [0.1, 0.15) is 31.9 Å². The molecule has 2 aliphatic rings. The Hall–Kier alpha value is -3.61. The number of carbonyl (C=O) groups excluding carboxylic acids is 3. The van der Waals surface area contributed by atoms with Gasteiger partial charge in [-0.05, 0) is 30.2 Å². The minimum absolute atomic E-state index is 0.262. The van der Waals surface area contributed by atoms with Gasteiger partial charge in [-0.15, -0.1) is 0 Å². The summed E-state index contributed by atoms with van der Waals surface area (Å²) in [6.07, 6.45) is 1.81. The molecule has 1 N–H and O–H groups in total. The smallest absolute Gasteiger partial charge is 0.325 e. The lowest BCUT2D eigenvalue weighted by Crippen LogP contribution is -2.46. The number of carbonyl (C=O) groups is 3. The molecule has 4 rings (SSSR count). The first-order valence-corrected chi connectivity index (χ1v) is 10.9. The lowest BCUT2D eigenvalue weighted by atomic mass is 9.83. The number of nitrogens with one attached hydrogen (secondary N) is 1. The summed E-state index contributed by atoms with van der Waals surface area (Å²) in [4.78, 5) is 41.9. The molecule has 0 radical (unpaired) electrons. The summed E-state index contributed by atoms with van der Waals surface area (Å²) >= 11 is 0. The number of nitrogens with zero attached hydrogens (tertiary/aromatic N) is 2. The fourth-order valence-electron chi connectivity index (χ4n) is 4.85. The van der Waals surface area contributed by atoms with E-state index in [1.165, 1.54) is 0 Å². The molecule has 2 aromatic rings. The summed E-state index contributed by atoms with van der Waals surface area (Å²) in [5, 5.41) is 2.77. The first-order valence-electron chi connectivity index (χ1n) is 10.9. The van der Waals surface area contributed by atoms with Crippen LogP contribution in [0.5, 0.6) is 5.75 Å². The Bertz CT molecular complexity index is 1170. The van der Waals surface area contributed by atoms with Crippen molar-refractivity contribution in [2.24, 2.45) is 0 Å². The molecule has 0 bridgehead atoms. The minimum Gasteiger partial charge on any atom is -0.496 e. The zero-order valence-electron chi connectivity index (χ0n) is 19.6. The molecule has 1 fully saturated rings. The number of methoxy groups -OCH3 is 1. The highest BCUT2D eigenvalue weighted by molar-refractivity contribution is 6.10. The number of anilines is 1. The largest absolute Gasteiger partial charge is 0.496 e. The molecule has 0 aliphatic carbocycles. The molecular formula is C26H29N3O4. The van der Waals surface area contributed by atoms with Gasteiger partial charge in [0.1, 0.15) is 11.3 Å². The van der Waals surface area contributed by atoms with Gasteiger partial charge in [0.2, 0.25) is 0 Å². The molecule has 2 aliphatic heterocycles. The molecule has 33 heavy (non-hydrogen) atoms. The van der Waals surface area contributed by atoms with Gasteiger partial charge in [0.15, 0.2) is 5.78 Å². The Labute approximate surface area is 194 Å². The predicted octanol–water partition coefficient (Wildman–Crippen LogP) is 3.43. The summed E-state index contributed by atoms with van der Waals surface area (Å²) in [7, 11) is 3.49. The Kier molecular flexibility index (Phi) is 5.52. The van der Waals surface area contributed by atoms with Gasteiger partial charge in [-0.2, -0.15) is 0 Å². The summed E-state index contributed by atoms with van der Waals surface area (Å²) < 4.78 is 5.38. The second-order valence-corrected chi connectivity index (χ2v) is 9.34. The number of urea groups is 1. The van der Waals surface area contributed by atoms with Crippen LogP contribution in [0, 0.1) is 0 Å². The zero-order valence-corrected chi connectivity index (χ0v) is 19.6. The van der Waals surface area contributed by atoms with E-state index in [4.69, 9.17) is 4.74 Å². The van der Waals surface area contributed by atoms with E-state index in [-0.39, 0.29) is 24.2 Å². The molecule has 2 heterocycles. The first-order chi connectivity index (χ1) is 15.6. The van der Waals surface area contributed by atoms with Gasteiger partial charge in [0.05, 0.1) is 13.7 Å². The number of benzene rings is 2. The Morgan fingerprint density at radius 2 is 1.73 bits per heavy atom. The number of hydrogen-bond donors (Lipinski definition) is 1. The molecule has 2 aromatic carbocycles. The molecule has 1 saturated heterocycles. The quantitative estimate of drug-likeness (QED) is 0.542. The van der Waals surface area contributed by atoms with E-state index in [0.717, 1.165) is 27.4 Å². The Balaban J connectivity index is 1.53. The monoisotopic (exact) mass is 447 g/mol. The van der Waals surface area contributed by atoms with Crippen LogP contribution < -0.4 is 15.0 Å². The van der Waals surface area contributed by atoms with E-state index in [9.17, 15) is 14.4 Å². The number of rotatable bonds is 6. The van der Waals surface area contributed by atoms with Crippen LogP contribution in [-0.2, 0) is 21.4 Å². The van der Waals surface area contributed by atoms with Crippen molar-refractivity contribution < 1.29 is 19.1 Å². The predicted molar refractivity (Wildman–Crippen MR) is 126 cm³/mol. The second-order valence-electron chi connectivity index (χ2n) is 9.34. The lowest BCUT2D eigenvalue weighted by Gasteiger charge is -2.24. The topological polar surface area (TPSA) is 79.0 Å². The molecule has 7 nitrogen and oxygen atoms in total. The maximum Gasteiger partial charge on any atom is 0.325 e. The summed E-state index contributed by atoms with van der Waals surface area (Å²) in [5.74, 6) is -0.0821. The minimum atomic E-state index is -1.15. The lowest BCUT2D eigenvalue weighted by molar-refractivity contribution is -0.133. The maximum absolute atomic E-state index is 13.2. The standard InChI is InChI=1S/C26H29N3O4/c1-25(2)19-11-7-8-12-20(19)28(4)22(25)14-18(30)16-29-23(31)26(3,27-24(29)32)15-17-10-6-9-13-21(17)33-5/h6-14H,15-16H2,1-5H3,(H,27,32). The van der Waals surface area contributed by atoms with Crippen molar-refractivity contribution in [3.8, 4) is 5.75 Å². The first kappa shape index (κ1) is 22.6. The third-order valence-corrected chi connectivity index (χ3v) is 6.63. The van der Waals surface area contributed by atoms with Crippen molar-refractivity contribution in [1.29, 1.82) is 0 Å².